The van der Waals surface area contributed by atoms with Gasteiger partial charge in [0.1, 0.15) is 0 Å². The molecule has 0 radical (unpaired) electrons. The maximum Gasteiger partial charge on any atom is 0.167 e. The normalized spacial score (nSPS) is 16.0. The van der Waals surface area contributed by atoms with Gasteiger partial charge in [0.15, 0.2) is 5.58 Å². The Morgan fingerprint density at radius 2 is 1.80 bits per heavy atom. The van der Waals surface area contributed by atoms with E-state index in [-0.39, 0.29) is 11.0 Å². The number of benzene rings is 1. The molecule has 0 saturated carbocycles. The zero-order valence-corrected chi connectivity index (χ0v) is 13.4. The molecule has 0 aliphatic carbocycles. The molecule has 0 fully saturated rings. The highest BCUT2D eigenvalue weighted by molar-refractivity contribution is 5.90. The van der Waals surface area contributed by atoms with Crippen molar-refractivity contribution in [3.63, 3.8) is 0 Å². The molecule has 1 aromatic carbocycles. The molecular weight excluding hydrogens is 248 g/mol. The van der Waals surface area contributed by atoms with Gasteiger partial charge in [0.05, 0.1) is 11.1 Å². The molecule has 1 aliphatic heterocycles. The van der Waals surface area contributed by atoms with Crippen molar-refractivity contribution in [3.8, 4) is 0 Å². The van der Waals surface area contributed by atoms with Gasteiger partial charge in [-0.3, -0.25) is 0 Å². The molecular formula is C17H24N2O. The summed E-state index contributed by atoms with van der Waals surface area (Å²) in [4.78, 5) is 2.49. The molecule has 1 aliphatic rings. The maximum absolute atomic E-state index is 5.55. The van der Waals surface area contributed by atoms with Gasteiger partial charge < -0.3 is 9.42 Å². The van der Waals surface area contributed by atoms with Crippen LogP contribution in [0.1, 0.15) is 52.8 Å². The summed E-state index contributed by atoms with van der Waals surface area (Å²) in [5.41, 5.74) is 4.92. The lowest BCUT2D eigenvalue weighted by Gasteiger charge is -2.34. The highest BCUT2D eigenvalue weighted by Gasteiger charge is 2.32. The molecule has 3 rings (SSSR count). The van der Waals surface area contributed by atoms with Crippen LogP contribution in [0, 0.1) is 0 Å². The molecule has 0 atom stereocenters. The second-order valence-electron chi connectivity index (χ2n) is 7.79. The zero-order chi connectivity index (χ0) is 14.7. The highest BCUT2D eigenvalue weighted by Crippen LogP contribution is 2.41. The Kier molecular flexibility index (Phi) is 2.69. The largest absolute Gasteiger partial charge is 0.366 e. The quantitative estimate of drug-likeness (QED) is 0.716. The average Bonchev–Trinajstić information content (AvgIpc) is 2.89. The van der Waals surface area contributed by atoms with Crippen molar-refractivity contribution in [2.75, 3.05) is 11.4 Å². The lowest BCUT2D eigenvalue weighted by molar-refractivity contribution is 0.419. The Labute approximate surface area is 120 Å². The van der Waals surface area contributed by atoms with E-state index in [0.717, 1.165) is 24.2 Å². The van der Waals surface area contributed by atoms with Crippen LogP contribution in [-0.4, -0.2) is 17.2 Å². The van der Waals surface area contributed by atoms with Crippen LogP contribution in [0.15, 0.2) is 16.7 Å². The van der Waals surface area contributed by atoms with Crippen LogP contribution in [0.4, 0.5) is 5.69 Å². The highest BCUT2D eigenvalue weighted by atomic mass is 16.5. The number of nitrogens with zero attached hydrogens (tertiary/aromatic N) is 2. The lowest BCUT2D eigenvalue weighted by atomic mass is 9.88. The van der Waals surface area contributed by atoms with Gasteiger partial charge in [-0.25, -0.2) is 0 Å². The van der Waals surface area contributed by atoms with Crippen LogP contribution < -0.4 is 4.90 Å². The molecule has 3 nitrogen and oxygen atoms in total. The van der Waals surface area contributed by atoms with E-state index < -0.39 is 0 Å². The first-order valence-corrected chi connectivity index (χ1v) is 7.39. The van der Waals surface area contributed by atoms with Gasteiger partial charge in [-0.05, 0) is 44.9 Å². The minimum absolute atomic E-state index is 0.00945. The Morgan fingerprint density at radius 3 is 2.40 bits per heavy atom. The summed E-state index contributed by atoms with van der Waals surface area (Å²) in [5.74, 6) is 0. The third kappa shape index (κ3) is 1.91. The molecule has 20 heavy (non-hydrogen) atoms. The van der Waals surface area contributed by atoms with Crippen LogP contribution in [-0.2, 0) is 11.8 Å². The molecule has 0 amide bonds. The van der Waals surface area contributed by atoms with E-state index in [2.05, 4.69) is 63.7 Å². The Balaban J connectivity index is 2.25. The van der Waals surface area contributed by atoms with E-state index in [0.29, 0.717) is 0 Å². The van der Waals surface area contributed by atoms with E-state index >= 15 is 0 Å². The Morgan fingerprint density at radius 1 is 1.10 bits per heavy atom. The molecule has 2 heterocycles. The first-order chi connectivity index (χ1) is 9.19. The van der Waals surface area contributed by atoms with Gasteiger partial charge in [0.2, 0.25) is 0 Å². The number of anilines is 1. The van der Waals surface area contributed by atoms with Crippen molar-refractivity contribution in [3.05, 3.63) is 23.4 Å². The second kappa shape index (κ2) is 4.00. The summed E-state index contributed by atoms with van der Waals surface area (Å²) in [6, 6.07) is 4.26. The minimum Gasteiger partial charge on any atom is -0.366 e. The average molecular weight is 272 g/mol. The first-order valence-electron chi connectivity index (χ1n) is 7.39. The third-order valence-corrected chi connectivity index (χ3v) is 4.12. The van der Waals surface area contributed by atoms with Gasteiger partial charge in [0, 0.05) is 23.2 Å². The van der Waals surface area contributed by atoms with E-state index in [9.17, 15) is 0 Å². The molecule has 0 spiro atoms. The van der Waals surface area contributed by atoms with Crippen molar-refractivity contribution in [2.24, 2.45) is 0 Å². The minimum atomic E-state index is 0.00945. The van der Waals surface area contributed by atoms with E-state index in [4.69, 9.17) is 4.52 Å². The second-order valence-corrected chi connectivity index (χ2v) is 7.79. The number of hydrogen-bond acceptors (Lipinski definition) is 3. The van der Waals surface area contributed by atoms with Gasteiger partial charge in [0.25, 0.3) is 0 Å². The molecule has 108 valence electrons. The van der Waals surface area contributed by atoms with Gasteiger partial charge >= 0.3 is 0 Å². The monoisotopic (exact) mass is 272 g/mol. The Hall–Kier alpha value is -1.51. The maximum atomic E-state index is 5.55. The number of aromatic nitrogens is 1. The smallest absolute Gasteiger partial charge is 0.167 e. The summed E-state index contributed by atoms with van der Waals surface area (Å²) in [7, 11) is 0. The number of rotatable bonds is 0. The van der Waals surface area contributed by atoms with E-state index in [1.54, 1.807) is 0 Å². The van der Waals surface area contributed by atoms with Crippen molar-refractivity contribution in [1.82, 2.24) is 5.16 Å². The first kappa shape index (κ1) is 13.5. The topological polar surface area (TPSA) is 29.3 Å². The van der Waals surface area contributed by atoms with Crippen molar-refractivity contribution in [2.45, 2.75) is 58.9 Å². The molecule has 0 bridgehead atoms. The van der Waals surface area contributed by atoms with Crippen LogP contribution >= 0.6 is 0 Å². The molecule has 1 aromatic heterocycles. The van der Waals surface area contributed by atoms with E-state index in [1.165, 1.54) is 16.6 Å². The van der Waals surface area contributed by atoms with Crippen molar-refractivity contribution in [1.29, 1.82) is 0 Å². The third-order valence-electron chi connectivity index (χ3n) is 4.12. The predicted octanol–water partition coefficient (Wildman–Crippen LogP) is 4.29. The summed E-state index contributed by atoms with van der Waals surface area (Å²) in [6.07, 6.45) is 1.08. The van der Waals surface area contributed by atoms with Crippen LogP contribution in [0.3, 0.4) is 0 Å². The molecule has 2 aromatic rings. The lowest BCUT2D eigenvalue weighted by Crippen LogP contribution is -2.40. The van der Waals surface area contributed by atoms with Crippen LogP contribution in [0.2, 0.25) is 0 Å². The van der Waals surface area contributed by atoms with Gasteiger partial charge in [-0.15, -0.1) is 0 Å². The number of fused-ring (bicyclic) bond motifs is 3. The van der Waals surface area contributed by atoms with Crippen LogP contribution in [0.25, 0.3) is 11.0 Å². The fraction of sp³-hybridized carbons (Fsp3) is 0.588. The van der Waals surface area contributed by atoms with Crippen molar-refractivity contribution < 1.29 is 4.52 Å². The molecule has 0 unspecified atom stereocenters. The fourth-order valence-electron chi connectivity index (χ4n) is 3.15. The van der Waals surface area contributed by atoms with Crippen molar-refractivity contribution >= 4 is 16.7 Å². The summed E-state index contributed by atoms with van der Waals surface area (Å²) in [6.45, 7) is 14.5. The van der Waals surface area contributed by atoms with Crippen LogP contribution in [0.5, 0.6) is 0 Å². The zero-order valence-electron chi connectivity index (χ0n) is 13.4. The molecule has 0 saturated heterocycles. The van der Waals surface area contributed by atoms with Gasteiger partial charge in [-0.2, -0.15) is 0 Å². The number of hydrogen-bond donors (Lipinski definition) is 0. The summed E-state index contributed by atoms with van der Waals surface area (Å²) < 4.78 is 5.55. The van der Waals surface area contributed by atoms with E-state index in [1.807, 2.05) is 0 Å². The Bertz CT molecular complexity index is 656. The van der Waals surface area contributed by atoms with Gasteiger partial charge in [-0.1, -0.05) is 25.9 Å². The molecule has 3 heteroatoms. The standard InChI is InChI=1S/C17H24N2O/c1-16(2,3)15-14-11-9-10-19(17(4,5)6)12(11)7-8-13(14)20-18-15/h7-8H,9-10H2,1-6H3. The molecule has 0 N–H and O–H groups in total. The fourth-order valence-corrected chi connectivity index (χ4v) is 3.15. The summed E-state index contributed by atoms with van der Waals surface area (Å²) in [5, 5.41) is 5.58. The summed E-state index contributed by atoms with van der Waals surface area (Å²) >= 11 is 0. The predicted molar refractivity (Wildman–Crippen MR) is 83.5 cm³/mol. The SMILES string of the molecule is CC(C)(C)c1noc2ccc3c(c12)CCN3C(C)(C)C.